The van der Waals surface area contributed by atoms with E-state index in [-0.39, 0.29) is 11.9 Å². The SMILES string of the molecule is CC#CCNC(=O)C1(C)COCC1N. The first kappa shape index (κ1) is 11.0. The third-order valence-electron chi connectivity index (χ3n) is 2.55. The summed E-state index contributed by atoms with van der Waals surface area (Å²) in [7, 11) is 0. The molecule has 1 amide bonds. The number of carbonyl (C=O) groups is 1. The van der Waals surface area contributed by atoms with Crippen molar-refractivity contribution >= 4 is 5.91 Å². The van der Waals surface area contributed by atoms with Gasteiger partial charge in [-0.15, -0.1) is 5.92 Å². The minimum absolute atomic E-state index is 0.0785. The molecule has 1 heterocycles. The third kappa shape index (κ3) is 2.06. The van der Waals surface area contributed by atoms with Crippen LogP contribution in [0, 0.1) is 17.3 Å². The Morgan fingerprint density at radius 3 is 3.00 bits per heavy atom. The Hall–Kier alpha value is -1.05. The Balaban J connectivity index is 2.53. The van der Waals surface area contributed by atoms with E-state index < -0.39 is 5.41 Å². The fourth-order valence-corrected chi connectivity index (χ4v) is 1.34. The van der Waals surface area contributed by atoms with Crippen LogP contribution in [0.15, 0.2) is 0 Å². The van der Waals surface area contributed by atoms with E-state index in [1.165, 1.54) is 0 Å². The fourth-order valence-electron chi connectivity index (χ4n) is 1.34. The number of rotatable bonds is 2. The Bertz CT molecular complexity index is 280. The molecule has 14 heavy (non-hydrogen) atoms. The van der Waals surface area contributed by atoms with Gasteiger partial charge in [0.15, 0.2) is 0 Å². The summed E-state index contributed by atoms with van der Waals surface area (Å²) in [5.74, 6) is 5.40. The van der Waals surface area contributed by atoms with Gasteiger partial charge in [-0.3, -0.25) is 4.79 Å². The molecule has 0 saturated carbocycles. The number of nitrogens with one attached hydrogen (secondary N) is 1. The molecule has 4 heteroatoms. The maximum Gasteiger partial charge on any atom is 0.230 e. The average molecular weight is 196 g/mol. The van der Waals surface area contributed by atoms with E-state index in [0.717, 1.165) is 0 Å². The molecule has 0 aromatic carbocycles. The van der Waals surface area contributed by atoms with Crippen molar-refractivity contribution in [2.75, 3.05) is 19.8 Å². The smallest absolute Gasteiger partial charge is 0.230 e. The molecule has 0 radical (unpaired) electrons. The normalized spacial score (nSPS) is 30.6. The van der Waals surface area contributed by atoms with Crippen LogP contribution in [-0.4, -0.2) is 31.7 Å². The summed E-state index contributed by atoms with van der Waals surface area (Å²) < 4.78 is 5.18. The summed E-state index contributed by atoms with van der Waals surface area (Å²) in [5, 5.41) is 2.72. The number of hydrogen-bond acceptors (Lipinski definition) is 3. The maximum atomic E-state index is 11.7. The monoisotopic (exact) mass is 196 g/mol. The molecule has 0 spiro atoms. The number of hydrogen-bond donors (Lipinski definition) is 2. The van der Waals surface area contributed by atoms with Crippen molar-refractivity contribution in [2.24, 2.45) is 11.1 Å². The molecular formula is C10H16N2O2. The molecule has 4 nitrogen and oxygen atoms in total. The molecule has 0 aromatic rings. The van der Waals surface area contributed by atoms with E-state index in [2.05, 4.69) is 17.2 Å². The van der Waals surface area contributed by atoms with Gasteiger partial charge in [-0.2, -0.15) is 0 Å². The summed E-state index contributed by atoms with van der Waals surface area (Å²) in [5.41, 5.74) is 5.19. The first-order valence-electron chi connectivity index (χ1n) is 4.62. The number of nitrogens with two attached hydrogens (primary N) is 1. The van der Waals surface area contributed by atoms with Crippen LogP contribution >= 0.6 is 0 Å². The topological polar surface area (TPSA) is 64.3 Å². The molecule has 78 valence electrons. The molecular weight excluding hydrogens is 180 g/mol. The van der Waals surface area contributed by atoms with Crippen LogP contribution < -0.4 is 11.1 Å². The highest BCUT2D eigenvalue weighted by molar-refractivity contribution is 5.83. The molecule has 1 fully saturated rings. The quantitative estimate of drug-likeness (QED) is 0.585. The predicted molar refractivity (Wildman–Crippen MR) is 53.4 cm³/mol. The number of amides is 1. The Labute approximate surface area is 84.2 Å². The standard InChI is InChI=1S/C10H16N2O2/c1-3-4-5-12-9(13)10(2)7-14-6-8(10)11/h8H,5-7,11H2,1-2H3,(H,12,13). The second kappa shape index (κ2) is 4.45. The number of ether oxygens (including phenoxy) is 1. The zero-order valence-corrected chi connectivity index (χ0v) is 8.59. The van der Waals surface area contributed by atoms with Crippen molar-refractivity contribution in [3.05, 3.63) is 0 Å². The summed E-state index contributed by atoms with van der Waals surface area (Å²) in [6.45, 7) is 4.76. The molecule has 1 aliphatic rings. The fraction of sp³-hybridized carbons (Fsp3) is 0.700. The van der Waals surface area contributed by atoms with E-state index in [0.29, 0.717) is 19.8 Å². The molecule has 0 aromatic heterocycles. The van der Waals surface area contributed by atoms with Gasteiger partial charge in [-0.05, 0) is 13.8 Å². The van der Waals surface area contributed by atoms with Crippen LogP contribution in [0.4, 0.5) is 0 Å². The minimum Gasteiger partial charge on any atom is -0.379 e. The van der Waals surface area contributed by atoms with Gasteiger partial charge in [0.05, 0.1) is 25.2 Å². The van der Waals surface area contributed by atoms with Gasteiger partial charge in [0.25, 0.3) is 0 Å². The Morgan fingerprint density at radius 1 is 1.79 bits per heavy atom. The van der Waals surface area contributed by atoms with Crippen LogP contribution in [0.2, 0.25) is 0 Å². The van der Waals surface area contributed by atoms with Gasteiger partial charge in [0, 0.05) is 6.04 Å². The second-order valence-electron chi connectivity index (χ2n) is 3.65. The maximum absolute atomic E-state index is 11.7. The zero-order valence-electron chi connectivity index (χ0n) is 8.59. The van der Waals surface area contributed by atoms with Crippen LogP contribution in [0.25, 0.3) is 0 Å². The minimum atomic E-state index is -0.602. The lowest BCUT2D eigenvalue weighted by atomic mass is 9.85. The first-order chi connectivity index (χ1) is 6.61. The molecule has 0 bridgehead atoms. The molecule has 1 rings (SSSR count). The summed E-state index contributed by atoms with van der Waals surface area (Å²) >= 11 is 0. The van der Waals surface area contributed by atoms with Crippen molar-refractivity contribution < 1.29 is 9.53 Å². The van der Waals surface area contributed by atoms with Crippen molar-refractivity contribution in [1.82, 2.24) is 5.32 Å². The first-order valence-corrected chi connectivity index (χ1v) is 4.62. The van der Waals surface area contributed by atoms with Crippen LogP contribution in [0.5, 0.6) is 0 Å². The van der Waals surface area contributed by atoms with Crippen molar-refractivity contribution in [2.45, 2.75) is 19.9 Å². The van der Waals surface area contributed by atoms with E-state index >= 15 is 0 Å². The van der Waals surface area contributed by atoms with E-state index in [4.69, 9.17) is 10.5 Å². The van der Waals surface area contributed by atoms with Crippen molar-refractivity contribution in [3.8, 4) is 11.8 Å². The van der Waals surface area contributed by atoms with Crippen LogP contribution in [0.1, 0.15) is 13.8 Å². The molecule has 0 aliphatic carbocycles. The third-order valence-corrected chi connectivity index (χ3v) is 2.55. The van der Waals surface area contributed by atoms with Crippen molar-refractivity contribution in [3.63, 3.8) is 0 Å². The van der Waals surface area contributed by atoms with Gasteiger partial charge < -0.3 is 15.8 Å². The lowest BCUT2D eigenvalue weighted by Crippen LogP contribution is -2.50. The molecule has 3 N–H and O–H groups in total. The van der Waals surface area contributed by atoms with Gasteiger partial charge in [0.2, 0.25) is 5.91 Å². The number of carbonyl (C=O) groups excluding carboxylic acids is 1. The van der Waals surface area contributed by atoms with Gasteiger partial charge >= 0.3 is 0 Å². The summed E-state index contributed by atoms with van der Waals surface area (Å²) in [6, 6.07) is -0.225. The largest absolute Gasteiger partial charge is 0.379 e. The highest BCUT2D eigenvalue weighted by atomic mass is 16.5. The predicted octanol–water partition coefficient (Wildman–Crippen LogP) is -0.510. The van der Waals surface area contributed by atoms with Gasteiger partial charge in [0.1, 0.15) is 0 Å². The molecule has 2 atom stereocenters. The molecule has 1 aliphatic heterocycles. The highest BCUT2D eigenvalue weighted by Gasteiger charge is 2.43. The second-order valence-corrected chi connectivity index (χ2v) is 3.65. The van der Waals surface area contributed by atoms with E-state index in [1.54, 1.807) is 6.92 Å². The van der Waals surface area contributed by atoms with Crippen LogP contribution in [0.3, 0.4) is 0 Å². The van der Waals surface area contributed by atoms with Gasteiger partial charge in [-0.1, -0.05) is 5.92 Å². The Morgan fingerprint density at radius 2 is 2.50 bits per heavy atom. The zero-order chi connectivity index (χ0) is 10.6. The van der Waals surface area contributed by atoms with E-state index in [1.807, 2.05) is 6.92 Å². The molecule has 2 unspecified atom stereocenters. The lowest BCUT2D eigenvalue weighted by Gasteiger charge is -2.24. The van der Waals surface area contributed by atoms with Crippen LogP contribution in [-0.2, 0) is 9.53 Å². The average Bonchev–Trinajstić information content (AvgIpc) is 2.49. The lowest BCUT2D eigenvalue weighted by molar-refractivity contribution is -0.130. The highest BCUT2D eigenvalue weighted by Crippen LogP contribution is 2.26. The molecule has 1 saturated heterocycles. The Kier molecular flexibility index (Phi) is 3.50. The van der Waals surface area contributed by atoms with E-state index in [9.17, 15) is 4.79 Å². The van der Waals surface area contributed by atoms with Crippen molar-refractivity contribution in [1.29, 1.82) is 0 Å². The summed E-state index contributed by atoms with van der Waals surface area (Å²) in [4.78, 5) is 11.7. The summed E-state index contributed by atoms with van der Waals surface area (Å²) in [6.07, 6.45) is 0. The van der Waals surface area contributed by atoms with Gasteiger partial charge in [-0.25, -0.2) is 0 Å².